The maximum atomic E-state index is 11.7. The van der Waals surface area contributed by atoms with Crippen molar-refractivity contribution in [2.75, 3.05) is 18.6 Å². The lowest BCUT2D eigenvalue weighted by Crippen LogP contribution is -2.15. The zero-order valence-corrected chi connectivity index (χ0v) is 12.4. The van der Waals surface area contributed by atoms with Gasteiger partial charge in [0, 0.05) is 6.26 Å². The smallest absolute Gasteiger partial charge is 0.360 e. The lowest BCUT2D eigenvalue weighted by molar-refractivity contribution is 0.0451. The summed E-state index contributed by atoms with van der Waals surface area (Å²) in [5.74, 6) is -0.334. The molecule has 19 heavy (non-hydrogen) atoms. The minimum Gasteiger partial charge on any atom is -0.461 e. The number of carbonyl (C=O) groups excluding carboxylic acids is 1. The fourth-order valence-corrected chi connectivity index (χ4v) is 1.83. The molecule has 0 aromatic carbocycles. The van der Waals surface area contributed by atoms with Crippen LogP contribution in [-0.4, -0.2) is 48.0 Å². The first-order valence-electron chi connectivity index (χ1n) is 5.95. The monoisotopic (exact) mass is 289 g/mol. The van der Waals surface area contributed by atoms with Gasteiger partial charge in [-0.15, -0.1) is 5.10 Å². The van der Waals surface area contributed by atoms with Crippen LogP contribution in [0, 0.1) is 12.8 Å². The number of carbonyl (C=O) groups is 1. The number of esters is 1. The molecule has 1 heterocycles. The van der Waals surface area contributed by atoms with E-state index in [1.165, 1.54) is 4.68 Å². The summed E-state index contributed by atoms with van der Waals surface area (Å²) in [6.45, 7) is 6.02. The second-order valence-corrected chi connectivity index (χ2v) is 7.13. The van der Waals surface area contributed by atoms with Crippen molar-refractivity contribution in [2.45, 2.75) is 27.3 Å². The molecule has 0 N–H and O–H groups in total. The lowest BCUT2D eigenvalue weighted by Gasteiger charge is -2.06. The molecule has 0 radical (unpaired) electrons. The van der Waals surface area contributed by atoms with E-state index in [0.29, 0.717) is 12.3 Å². The van der Waals surface area contributed by atoms with Crippen molar-refractivity contribution in [1.82, 2.24) is 15.0 Å². The molecule has 1 aromatic heterocycles. The Kier molecular flexibility index (Phi) is 5.04. The van der Waals surface area contributed by atoms with E-state index in [2.05, 4.69) is 10.3 Å². The summed E-state index contributed by atoms with van der Waals surface area (Å²) in [5.41, 5.74) is 0.645. The number of hydrogen-bond donors (Lipinski definition) is 0. The summed E-state index contributed by atoms with van der Waals surface area (Å²) in [6.07, 6.45) is 1.15. The van der Waals surface area contributed by atoms with Gasteiger partial charge in [-0.05, 0) is 12.8 Å². The van der Waals surface area contributed by atoms with E-state index in [9.17, 15) is 13.2 Å². The van der Waals surface area contributed by atoms with Crippen LogP contribution in [0.4, 0.5) is 0 Å². The highest BCUT2D eigenvalue weighted by molar-refractivity contribution is 7.90. The molecule has 0 amide bonds. The molecule has 0 fully saturated rings. The van der Waals surface area contributed by atoms with Crippen LogP contribution in [0.2, 0.25) is 0 Å². The summed E-state index contributed by atoms with van der Waals surface area (Å²) in [6, 6.07) is 0. The van der Waals surface area contributed by atoms with Gasteiger partial charge in [0.25, 0.3) is 0 Å². The topological polar surface area (TPSA) is 91.2 Å². The minimum atomic E-state index is -3.08. The molecule has 0 aliphatic carbocycles. The fourth-order valence-electron chi connectivity index (χ4n) is 1.32. The first-order valence-corrected chi connectivity index (χ1v) is 8.01. The van der Waals surface area contributed by atoms with Crippen LogP contribution in [0.25, 0.3) is 0 Å². The fraction of sp³-hybridized carbons (Fsp3) is 0.727. The van der Waals surface area contributed by atoms with Crippen LogP contribution in [-0.2, 0) is 21.1 Å². The number of sulfone groups is 1. The van der Waals surface area contributed by atoms with Gasteiger partial charge in [0.1, 0.15) is 9.84 Å². The summed E-state index contributed by atoms with van der Waals surface area (Å²) < 4.78 is 28.6. The third-order valence-corrected chi connectivity index (χ3v) is 3.32. The normalized spacial score (nSPS) is 11.8. The third kappa shape index (κ3) is 4.98. The highest BCUT2D eigenvalue weighted by Gasteiger charge is 2.18. The van der Waals surface area contributed by atoms with Crippen molar-refractivity contribution in [3.63, 3.8) is 0 Å². The van der Waals surface area contributed by atoms with Gasteiger partial charge >= 0.3 is 5.97 Å². The number of hydrogen-bond acceptors (Lipinski definition) is 6. The van der Waals surface area contributed by atoms with Gasteiger partial charge in [-0.25, -0.2) is 17.9 Å². The zero-order chi connectivity index (χ0) is 14.6. The predicted molar refractivity (Wildman–Crippen MR) is 69.6 cm³/mol. The van der Waals surface area contributed by atoms with Crippen molar-refractivity contribution in [2.24, 2.45) is 5.92 Å². The Morgan fingerprint density at radius 3 is 2.58 bits per heavy atom. The number of ether oxygens (including phenoxy) is 1. The van der Waals surface area contributed by atoms with E-state index in [4.69, 9.17) is 4.74 Å². The molecular weight excluding hydrogens is 270 g/mol. The maximum Gasteiger partial charge on any atom is 0.360 e. The Morgan fingerprint density at radius 1 is 1.42 bits per heavy atom. The summed E-state index contributed by atoms with van der Waals surface area (Å²) in [5, 5.41) is 7.51. The summed E-state index contributed by atoms with van der Waals surface area (Å²) >= 11 is 0. The Morgan fingerprint density at radius 2 is 2.05 bits per heavy atom. The molecular formula is C11H19N3O4S. The van der Waals surface area contributed by atoms with Crippen molar-refractivity contribution in [1.29, 1.82) is 0 Å². The van der Waals surface area contributed by atoms with Gasteiger partial charge in [-0.1, -0.05) is 19.1 Å². The summed E-state index contributed by atoms with van der Waals surface area (Å²) in [4.78, 5) is 11.7. The van der Waals surface area contributed by atoms with Crippen molar-refractivity contribution in [3.8, 4) is 0 Å². The third-order valence-electron chi connectivity index (χ3n) is 2.40. The van der Waals surface area contributed by atoms with Crippen molar-refractivity contribution in [3.05, 3.63) is 11.4 Å². The maximum absolute atomic E-state index is 11.7. The molecule has 108 valence electrons. The van der Waals surface area contributed by atoms with Crippen molar-refractivity contribution >= 4 is 15.8 Å². The first-order chi connectivity index (χ1) is 8.70. The first kappa shape index (κ1) is 15.6. The van der Waals surface area contributed by atoms with Gasteiger partial charge in [0.15, 0.2) is 5.69 Å². The van der Waals surface area contributed by atoms with Gasteiger partial charge in [-0.2, -0.15) is 0 Å². The molecule has 1 rings (SSSR count). The highest BCUT2D eigenvalue weighted by Crippen LogP contribution is 2.07. The van der Waals surface area contributed by atoms with E-state index >= 15 is 0 Å². The number of aromatic nitrogens is 3. The average Bonchev–Trinajstić information content (AvgIpc) is 2.64. The second kappa shape index (κ2) is 6.14. The van der Waals surface area contributed by atoms with E-state index in [1.807, 2.05) is 13.8 Å². The molecule has 0 aliphatic heterocycles. The number of nitrogens with zero attached hydrogens (tertiary/aromatic N) is 3. The van der Waals surface area contributed by atoms with Crippen LogP contribution < -0.4 is 0 Å². The Balaban J connectivity index is 2.72. The molecule has 0 saturated heterocycles. The van der Waals surface area contributed by atoms with Gasteiger partial charge < -0.3 is 4.74 Å². The molecule has 7 nitrogen and oxygen atoms in total. The van der Waals surface area contributed by atoms with Crippen LogP contribution in [0.3, 0.4) is 0 Å². The number of aryl methyl sites for hydroxylation is 1. The molecule has 0 saturated carbocycles. The van der Waals surface area contributed by atoms with Crippen LogP contribution in [0.15, 0.2) is 0 Å². The lowest BCUT2D eigenvalue weighted by atomic mass is 10.2. The van der Waals surface area contributed by atoms with Gasteiger partial charge in [0.05, 0.1) is 24.6 Å². The van der Waals surface area contributed by atoms with Crippen LogP contribution in [0.5, 0.6) is 0 Å². The van der Waals surface area contributed by atoms with Crippen LogP contribution >= 0.6 is 0 Å². The molecule has 8 heteroatoms. The SMILES string of the molecule is Cc1c(C(=O)OCC(C)C)nnn1CCS(C)(=O)=O. The predicted octanol–water partition coefficient (Wildman–Crippen LogP) is 0.444. The van der Waals surface area contributed by atoms with E-state index in [1.54, 1.807) is 6.92 Å². The molecule has 0 spiro atoms. The molecule has 0 bridgehead atoms. The minimum absolute atomic E-state index is 0.0440. The summed E-state index contributed by atoms with van der Waals surface area (Å²) in [7, 11) is -3.08. The largest absolute Gasteiger partial charge is 0.461 e. The van der Waals surface area contributed by atoms with E-state index < -0.39 is 15.8 Å². The number of rotatable bonds is 6. The van der Waals surface area contributed by atoms with Crippen molar-refractivity contribution < 1.29 is 17.9 Å². The molecule has 0 aliphatic rings. The average molecular weight is 289 g/mol. The highest BCUT2D eigenvalue weighted by atomic mass is 32.2. The molecule has 0 atom stereocenters. The molecule has 0 unspecified atom stereocenters. The van der Waals surface area contributed by atoms with E-state index in [-0.39, 0.29) is 23.9 Å². The molecule has 1 aromatic rings. The Hall–Kier alpha value is -1.44. The van der Waals surface area contributed by atoms with E-state index in [0.717, 1.165) is 6.26 Å². The van der Waals surface area contributed by atoms with Crippen LogP contribution in [0.1, 0.15) is 30.0 Å². The second-order valence-electron chi connectivity index (χ2n) is 4.87. The standard InChI is InChI=1S/C11H19N3O4S/c1-8(2)7-18-11(15)10-9(3)14(13-12-10)5-6-19(4,16)17/h8H,5-7H2,1-4H3. The Bertz CT molecular complexity index is 548. The quantitative estimate of drug-likeness (QED) is 0.706. The van der Waals surface area contributed by atoms with Gasteiger partial charge in [-0.3, -0.25) is 0 Å². The van der Waals surface area contributed by atoms with Gasteiger partial charge in [0.2, 0.25) is 0 Å². The zero-order valence-electron chi connectivity index (χ0n) is 11.6. The Labute approximate surface area is 112 Å².